The van der Waals surface area contributed by atoms with E-state index in [1.807, 2.05) is 19.1 Å². The van der Waals surface area contributed by atoms with E-state index in [0.29, 0.717) is 19.3 Å². The van der Waals surface area contributed by atoms with Crippen LogP contribution in [0.25, 0.3) is 0 Å². The summed E-state index contributed by atoms with van der Waals surface area (Å²) < 4.78 is 32.6. The predicted molar refractivity (Wildman–Crippen MR) is 227 cm³/mol. The number of carboxylic acid groups (broad SMARTS) is 1. The lowest BCUT2D eigenvalue weighted by atomic mass is 10.1. The van der Waals surface area contributed by atoms with Gasteiger partial charge in [0.2, 0.25) is 0 Å². The van der Waals surface area contributed by atoms with Crippen LogP contribution >= 0.6 is 7.82 Å². The zero-order valence-electron chi connectivity index (χ0n) is 35.0. The van der Waals surface area contributed by atoms with Crippen molar-refractivity contribution in [1.82, 2.24) is 0 Å². The van der Waals surface area contributed by atoms with E-state index in [2.05, 4.69) is 60.1 Å². The number of hydrogen-bond acceptors (Lipinski definition) is 10. The number of aliphatic carboxylic acids is 1. The van der Waals surface area contributed by atoms with Gasteiger partial charge in [0.05, 0.1) is 19.3 Å². The number of unbranched alkanes of at least 4 members (excludes halogenated alkanes) is 12. The monoisotopic (exact) mass is 826 g/mol. The zero-order valence-corrected chi connectivity index (χ0v) is 35.9. The van der Waals surface area contributed by atoms with Gasteiger partial charge in [0.15, 0.2) is 6.10 Å². The van der Waals surface area contributed by atoms with Crippen molar-refractivity contribution in [2.24, 2.45) is 5.73 Å². The van der Waals surface area contributed by atoms with Crippen LogP contribution in [0.3, 0.4) is 0 Å². The summed E-state index contributed by atoms with van der Waals surface area (Å²) in [6, 6.07) is -1.54. The molecule has 0 aliphatic heterocycles. The summed E-state index contributed by atoms with van der Waals surface area (Å²) >= 11 is 0. The van der Waals surface area contributed by atoms with Crippen LogP contribution in [-0.4, -0.2) is 71.1 Å². The first-order valence-electron chi connectivity index (χ1n) is 21.4. The second-order valence-electron chi connectivity index (χ2n) is 14.3. The molecule has 1 unspecified atom stereocenters. The van der Waals surface area contributed by atoms with Crippen LogP contribution in [0, 0.1) is 0 Å². The van der Waals surface area contributed by atoms with Crippen LogP contribution in [0.2, 0.25) is 0 Å². The maximum absolute atomic E-state index is 12.6. The Balaban J connectivity index is 4.50. The molecule has 0 fully saturated rings. The molecule has 0 aliphatic carbocycles. The van der Waals surface area contributed by atoms with Gasteiger partial charge in [-0.2, -0.15) is 0 Å². The summed E-state index contributed by atoms with van der Waals surface area (Å²) in [5.74, 6) is -2.49. The number of carbonyl (C=O) groups is 3. The third-order valence-electron chi connectivity index (χ3n) is 8.90. The second kappa shape index (κ2) is 38.6. The molecule has 0 radical (unpaired) electrons. The van der Waals surface area contributed by atoms with Gasteiger partial charge in [-0.15, -0.1) is 0 Å². The molecule has 0 heterocycles. The van der Waals surface area contributed by atoms with Gasteiger partial charge in [-0.05, 0) is 83.5 Å². The minimum atomic E-state index is -4.74. The molecule has 0 aromatic heterocycles. The molecule has 0 saturated carbocycles. The molecule has 13 heteroatoms. The second-order valence-corrected chi connectivity index (χ2v) is 15.7. The van der Waals surface area contributed by atoms with E-state index in [-0.39, 0.29) is 25.6 Å². The van der Waals surface area contributed by atoms with E-state index in [4.69, 9.17) is 24.8 Å². The van der Waals surface area contributed by atoms with Crippen molar-refractivity contribution < 1.29 is 52.6 Å². The number of carboxylic acids is 1. The Bertz CT molecular complexity index is 1220. The largest absolute Gasteiger partial charge is 0.480 e. The topological polar surface area (TPSA) is 192 Å². The lowest BCUT2D eigenvalue weighted by Gasteiger charge is -2.20. The predicted octanol–water partition coefficient (Wildman–Crippen LogP) is 10.1. The Morgan fingerprint density at radius 1 is 0.614 bits per heavy atom. The van der Waals surface area contributed by atoms with Gasteiger partial charge in [-0.1, -0.05) is 126 Å². The van der Waals surface area contributed by atoms with E-state index in [0.717, 1.165) is 77.0 Å². The third-order valence-corrected chi connectivity index (χ3v) is 9.85. The highest BCUT2D eigenvalue weighted by Gasteiger charge is 2.28. The van der Waals surface area contributed by atoms with Crippen molar-refractivity contribution in [3.05, 3.63) is 60.8 Å². The fraction of sp³-hybridized carbons (Fsp3) is 0.705. The highest BCUT2D eigenvalue weighted by atomic mass is 31.2. The van der Waals surface area contributed by atoms with Gasteiger partial charge in [0.1, 0.15) is 12.6 Å². The van der Waals surface area contributed by atoms with Crippen molar-refractivity contribution in [3.8, 4) is 0 Å². The number of aliphatic hydroxyl groups is 1. The highest BCUT2D eigenvalue weighted by Crippen LogP contribution is 2.43. The van der Waals surface area contributed by atoms with E-state index in [1.165, 1.54) is 38.5 Å². The number of rotatable bonds is 39. The van der Waals surface area contributed by atoms with Crippen molar-refractivity contribution in [2.45, 2.75) is 180 Å². The SMILES string of the molecule is CCCCCCCC/C=C\CCCCCCCC(=O)O[C@H](COC(=O)CCC/C=C\C/C=C\C/C=C\C/C=C\CC[C@@H](O)CC)COP(=O)(O)OC[C@H](N)C(=O)O. The normalized spacial score (nSPS) is 14.9. The number of carbonyl (C=O) groups excluding carboxylic acids is 2. The number of aliphatic hydroxyl groups excluding tert-OH is 1. The van der Waals surface area contributed by atoms with Crippen LogP contribution in [0.4, 0.5) is 0 Å². The van der Waals surface area contributed by atoms with Gasteiger partial charge >= 0.3 is 25.7 Å². The van der Waals surface area contributed by atoms with E-state index in [9.17, 15) is 28.9 Å². The highest BCUT2D eigenvalue weighted by molar-refractivity contribution is 7.47. The molecule has 0 spiro atoms. The molecule has 0 saturated heterocycles. The third kappa shape index (κ3) is 38.4. The van der Waals surface area contributed by atoms with Gasteiger partial charge < -0.3 is 30.3 Å². The smallest absolute Gasteiger partial charge is 0.472 e. The molecule has 0 rings (SSSR count). The zero-order chi connectivity index (χ0) is 42.2. The first kappa shape index (κ1) is 54.1. The minimum absolute atomic E-state index is 0.129. The van der Waals surface area contributed by atoms with E-state index >= 15 is 0 Å². The van der Waals surface area contributed by atoms with Gasteiger partial charge in [0, 0.05) is 12.8 Å². The van der Waals surface area contributed by atoms with Crippen molar-refractivity contribution >= 4 is 25.7 Å². The van der Waals surface area contributed by atoms with Crippen molar-refractivity contribution in [3.63, 3.8) is 0 Å². The van der Waals surface area contributed by atoms with Crippen molar-refractivity contribution in [2.75, 3.05) is 19.8 Å². The van der Waals surface area contributed by atoms with Gasteiger partial charge in [-0.3, -0.25) is 23.4 Å². The molecule has 0 aromatic rings. The summed E-state index contributed by atoms with van der Waals surface area (Å²) in [6.45, 7) is 2.43. The number of ether oxygens (including phenoxy) is 2. The maximum atomic E-state index is 12.6. The number of phosphoric ester groups is 1. The molecule has 0 aliphatic rings. The standard InChI is InChI=1S/C44H76NO11P/c1-3-5-6-7-8-9-10-11-12-17-20-23-26-29-32-35-43(48)56-40(37-54-57(51,52)55-38-41(45)44(49)50)36-53-42(47)34-31-28-25-22-19-16-14-13-15-18-21-24-27-30-33-39(46)4-2/h11-12,14-16,18,22,24-25,27,39-41,46H,3-10,13,17,19-21,23,26,28-38,45H2,1-2H3,(H,49,50)(H,51,52)/b12-11-,16-14-,18-15-,25-22-,27-24-/t39-,40+,41-/m0/s1. The summed E-state index contributed by atoms with van der Waals surface area (Å²) in [5.41, 5.74) is 5.32. The lowest BCUT2D eigenvalue weighted by molar-refractivity contribution is -0.161. The maximum Gasteiger partial charge on any atom is 0.472 e. The molecule has 5 N–H and O–H groups in total. The Hall–Kier alpha value is -2.86. The Morgan fingerprint density at radius 2 is 1.09 bits per heavy atom. The molecule has 0 bridgehead atoms. The van der Waals surface area contributed by atoms with Crippen LogP contribution < -0.4 is 5.73 Å². The molecule has 0 aromatic carbocycles. The molecule has 12 nitrogen and oxygen atoms in total. The minimum Gasteiger partial charge on any atom is -0.480 e. The summed E-state index contributed by atoms with van der Waals surface area (Å²) in [5, 5.41) is 18.4. The molecule has 0 amide bonds. The fourth-order valence-electron chi connectivity index (χ4n) is 5.33. The molecule has 328 valence electrons. The fourth-order valence-corrected chi connectivity index (χ4v) is 6.10. The Labute approximate surface area is 343 Å². The first-order chi connectivity index (χ1) is 27.5. The van der Waals surface area contributed by atoms with Crippen LogP contribution in [0.1, 0.15) is 162 Å². The Kier molecular flexibility index (Phi) is 36.7. The number of phosphoric acid groups is 1. The number of esters is 2. The van der Waals surface area contributed by atoms with Gasteiger partial charge in [0.25, 0.3) is 0 Å². The number of nitrogens with two attached hydrogens (primary N) is 1. The van der Waals surface area contributed by atoms with Crippen LogP contribution in [0.15, 0.2) is 60.8 Å². The summed E-state index contributed by atoms with van der Waals surface area (Å²) in [7, 11) is -4.74. The summed E-state index contributed by atoms with van der Waals surface area (Å²) in [6.07, 6.45) is 40.9. The summed E-state index contributed by atoms with van der Waals surface area (Å²) in [4.78, 5) is 45.9. The number of hydrogen-bond donors (Lipinski definition) is 4. The Morgan fingerprint density at radius 3 is 1.67 bits per heavy atom. The average molecular weight is 826 g/mol. The van der Waals surface area contributed by atoms with E-state index in [1.54, 1.807) is 0 Å². The average Bonchev–Trinajstić information content (AvgIpc) is 3.19. The van der Waals surface area contributed by atoms with Gasteiger partial charge in [-0.25, -0.2) is 4.57 Å². The van der Waals surface area contributed by atoms with Crippen molar-refractivity contribution in [1.29, 1.82) is 0 Å². The molecular formula is C44H76NO11P. The molecule has 57 heavy (non-hydrogen) atoms. The molecular weight excluding hydrogens is 749 g/mol. The van der Waals surface area contributed by atoms with Crippen LogP contribution in [-0.2, 0) is 37.5 Å². The molecule has 4 atom stereocenters. The van der Waals surface area contributed by atoms with E-state index < -0.39 is 51.1 Å². The quantitative estimate of drug-likeness (QED) is 0.0199. The lowest BCUT2D eigenvalue weighted by Crippen LogP contribution is -2.34. The van der Waals surface area contributed by atoms with Crippen LogP contribution in [0.5, 0.6) is 0 Å². The first-order valence-corrected chi connectivity index (χ1v) is 22.9. The number of allylic oxidation sites excluding steroid dienone is 10.